The molecule has 9 heteroatoms. The van der Waals surface area contributed by atoms with Crippen LogP contribution < -0.4 is 15.2 Å². The Bertz CT molecular complexity index is 1110. The summed E-state index contributed by atoms with van der Waals surface area (Å²) in [5, 5.41) is 4.86. The molecule has 0 saturated carbocycles. The second-order valence-electron chi connectivity index (χ2n) is 8.09. The number of carbonyl (C=O) groups excluding carboxylic acids is 1. The van der Waals surface area contributed by atoms with Crippen molar-refractivity contribution >= 4 is 16.8 Å². The van der Waals surface area contributed by atoms with Crippen molar-refractivity contribution in [2.24, 2.45) is 12.8 Å². The van der Waals surface area contributed by atoms with Crippen molar-refractivity contribution in [2.45, 2.75) is 6.42 Å². The third-order valence-corrected chi connectivity index (χ3v) is 5.69. The minimum absolute atomic E-state index is 0.0268. The van der Waals surface area contributed by atoms with Gasteiger partial charge in [-0.2, -0.15) is 5.10 Å². The average Bonchev–Trinajstić information content (AvgIpc) is 3.15. The zero-order valence-corrected chi connectivity index (χ0v) is 18.4. The van der Waals surface area contributed by atoms with E-state index in [0.717, 1.165) is 39.1 Å². The lowest BCUT2D eigenvalue weighted by atomic mass is 10.1. The number of piperazine rings is 1. The van der Waals surface area contributed by atoms with Crippen molar-refractivity contribution < 1.29 is 18.7 Å². The first-order chi connectivity index (χ1) is 15.4. The van der Waals surface area contributed by atoms with Gasteiger partial charge in [-0.25, -0.2) is 4.39 Å². The van der Waals surface area contributed by atoms with E-state index in [1.165, 1.54) is 18.2 Å². The zero-order valence-electron chi connectivity index (χ0n) is 18.4. The predicted molar refractivity (Wildman–Crippen MR) is 120 cm³/mol. The number of ether oxygens (including phenoxy) is 2. The summed E-state index contributed by atoms with van der Waals surface area (Å²) >= 11 is 0. The summed E-state index contributed by atoms with van der Waals surface area (Å²) in [5.41, 5.74) is 6.32. The highest BCUT2D eigenvalue weighted by Crippen LogP contribution is 2.33. The van der Waals surface area contributed by atoms with Crippen LogP contribution in [-0.2, 0) is 7.05 Å². The molecule has 1 aliphatic rings. The Kier molecular flexibility index (Phi) is 6.57. The maximum absolute atomic E-state index is 14.7. The minimum atomic E-state index is -0.596. The Morgan fingerprint density at radius 2 is 1.91 bits per heavy atom. The standard InChI is InChI=1S/C23H28FN5O3/c1-27-7-9-29(10-8-27)6-3-11-31-18-4-5-20(19(24)14-18)32-21-13-16(23(25)30)12-17-15-26-28(2)22(17)21/h4-5,12-15H,3,6-11H2,1-2H3,(H2,25,30). The molecule has 0 radical (unpaired) electrons. The van der Waals surface area contributed by atoms with E-state index in [0.29, 0.717) is 29.0 Å². The van der Waals surface area contributed by atoms with E-state index in [9.17, 15) is 9.18 Å². The van der Waals surface area contributed by atoms with Crippen LogP contribution in [0.3, 0.4) is 0 Å². The average molecular weight is 442 g/mol. The molecule has 1 aromatic heterocycles. The number of hydrogen-bond acceptors (Lipinski definition) is 6. The number of nitrogens with zero attached hydrogens (tertiary/aromatic N) is 4. The Labute approximate surface area is 186 Å². The fourth-order valence-electron chi connectivity index (χ4n) is 3.82. The van der Waals surface area contributed by atoms with Crippen LogP contribution in [0.15, 0.2) is 36.5 Å². The van der Waals surface area contributed by atoms with Gasteiger partial charge in [-0.05, 0) is 37.7 Å². The van der Waals surface area contributed by atoms with E-state index in [4.69, 9.17) is 15.2 Å². The lowest BCUT2D eigenvalue weighted by molar-refractivity contribution is 0.1000. The van der Waals surface area contributed by atoms with Crippen molar-refractivity contribution in [3.63, 3.8) is 0 Å². The fourth-order valence-corrected chi connectivity index (χ4v) is 3.82. The zero-order chi connectivity index (χ0) is 22.7. The van der Waals surface area contributed by atoms with E-state index in [-0.39, 0.29) is 11.3 Å². The molecule has 32 heavy (non-hydrogen) atoms. The predicted octanol–water partition coefficient (Wildman–Crippen LogP) is 2.62. The largest absolute Gasteiger partial charge is 0.493 e. The van der Waals surface area contributed by atoms with Crippen LogP contribution in [0.5, 0.6) is 17.2 Å². The van der Waals surface area contributed by atoms with Crippen molar-refractivity contribution in [1.82, 2.24) is 19.6 Å². The molecule has 0 bridgehead atoms. The van der Waals surface area contributed by atoms with Crippen molar-refractivity contribution in [2.75, 3.05) is 46.4 Å². The van der Waals surface area contributed by atoms with Crippen LogP contribution in [0, 0.1) is 5.82 Å². The van der Waals surface area contributed by atoms with Gasteiger partial charge in [-0.1, -0.05) is 0 Å². The number of halogens is 1. The molecule has 8 nitrogen and oxygen atoms in total. The number of benzene rings is 2. The lowest BCUT2D eigenvalue weighted by Crippen LogP contribution is -2.44. The van der Waals surface area contributed by atoms with Gasteiger partial charge in [0, 0.05) is 56.8 Å². The number of carbonyl (C=O) groups is 1. The van der Waals surface area contributed by atoms with Gasteiger partial charge in [-0.3, -0.25) is 9.48 Å². The molecule has 170 valence electrons. The molecule has 1 saturated heterocycles. The van der Waals surface area contributed by atoms with Crippen LogP contribution in [-0.4, -0.2) is 71.9 Å². The summed E-state index contributed by atoms with van der Waals surface area (Å²) in [6.45, 7) is 5.79. The molecule has 2 N–H and O–H groups in total. The highest BCUT2D eigenvalue weighted by molar-refractivity contribution is 5.99. The summed E-state index contributed by atoms with van der Waals surface area (Å²) in [6, 6.07) is 7.63. The van der Waals surface area contributed by atoms with Crippen molar-refractivity contribution in [3.05, 3.63) is 47.9 Å². The summed E-state index contributed by atoms with van der Waals surface area (Å²) in [7, 11) is 3.88. The maximum atomic E-state index is 14.7. The number of likely N-dealkylation sites (N-methyl/N-ethyl adjacent to an activating group) is 1. The van der Waals surface area contributed by atoms with Gasteiger partial charge in [0.2, 0.25) is 5.91 Å². The van der Waals surface area contributed by atoms with Gasteiger partial charge in [0.25, 0.3) is 0 Å². The quantitative estimate of drug-likeness (QED) is 0.541. The molecular weight excluding hydrogens is 413 g/mol. The molecule has 0 unspecified atom stereocenters. The van der Waals surface area contributed by atoms with Crippen LogP contribution in [0.1, 0.15) is 16.8 Å². The third-order valence-electron chi connectivity index (χ3n) is 5.69. The number of amides is 1. The Balaban J connectivity index is 1.39. The molecule has 1 amide bonds. The summed E-state index contributed by atoms with van der Waals surface area (Å²) in [5.74, 6) is -0.373. The first kappa shape index (κ1) is 22.0. The molecule has 4 rings (SSSR count). The number of hydrogen-bond donors (Lipinski definition) is 1. The molecule has 2 aromatic carbocycles. The highest BCUT2D eigenvalue weighted by atomic mass is 19.1. The first-order valence-electron chi connectivity index (χ1n) is 10.7. The number of aryl methyl sites for hydroxylation is 1. The molecule has 1 aliphatic heterocycles. The third kappa shape index (κ3) is 5.00. The topological polar surface area (TPSA) is 85.8 Å². The van der Waals surface area contributed by atoms with Crippen LogP contribution in [0.25, 0.3) is 10.9 Å². The van der Waals surface area contributed by atoms with Gasteiger partial charge in [0.15, 0.2) is 17.3 Å². The molecule has 0 spiro atoms. The molecule has 0 atom stereocenters. The molecule has 3 aromatic rings. The maximum Gasteiger partial charge on any atom is 0.248 e. The van der Waals surface area contributed by atoms with Crippen LogP contribution in [0.4, 0.5) is 4.39 Å². The second-order valence-corrected chi connectivity index (χ2v) is 8.09. The minimum Gasteiger partial charge on any atom is -0.493 e. The summed E-state index contributed by atoms with van der Waals surface area (Å²) in [6.07, 6.45) is 2.48. The number of primary amides is 1. The Morgan fingerprint density at radius 3 is 2.62 bits per heavy atom. The molecule has 2 heterocycles. The lowest BCUT2D eigenvalue weighted by Gasteiger charge is -2.32. The monoisotopic (exact) mass is 441 g/mol. The van der Waals surface area contributed by atoms with Gasteiger partial charge < -0.3 is 25.0 Å². The smallest absolute Gasteiger partial charge is 0.248 e. The summed E-state index contributed by atoms with van der Waals surface area (Å²) < 4.78 is 27.9. The van der Waals surface area contributed by atoms with Crippen LogP contribution >= 0.6 is 0 Å². The van der Waals surface area contributed by atoms with Crippen LogP contribution in [0.2, 0.25) is 0 Å². The van der Waals surface area contributed by atoms with E-state index in [1.54, 1.807) is 30.1 Å². The summed E-state index contributed by atoms with van der Waals surface area (Å²) in [4.78, 5) is 16.4. The second kappa shape index (κ2) is 9.54. The van der Waals surface area contributed by atoms with Gasteiger partial charge in [0.1, 0.15) is 11.3 Å². The molecule has 0 aliphatic carbocycles. The van der Waals surface area contributed by atoms with Crippen molar-refractivity contribution in [1.29, 1.82) is 0 Å². The Morgan fingerprint density at radius 1 is 1.12 bits per heavy atom. The van der Waals surface area contributed by atoms with E-state index < -0.39 is 11.7 Å². The normalized spacial score (nSPS) is 15.2. The van der Waals surface area contributed by atoms with E-state index in [1.807, 2.05) is 0 Å². The highest BCUT2D eigenvalue weighted by Gasteiger charge is 2.16. The van der Waals surface area contributed by atoms with Crippen molar-refractivity contribution in [3.8, 4) is 17.2 Å². The first-order valence-corrected chi connectivity index (χ1v) is 10.7. The number of aromatic nitrogens is 2. The van der Waals surface area contributed by atoms with E-state index >= 15 is 0 Å². The fraction of sp³-hybridized carbons (Fsp3) is 0.391. The van der Waals surface area contributed by atoms with Gasteiger partial charge >= 0.3 is 0 Å². The number of nitrogens with two attached hydrogens (primary N) is 1. The van der Waals surface area contributed by atoms with Gasteiger partial charge in [-0.15, -0.1) is 0 Å². The number of fused-ring (bicyclic) bond motifs is 1. The van der Waals surface area contributed by atoms with E-state index in [2.05, 4.69) is 21.9 Å². The Hall–Kier alpha value is -3.17. The molecule has 1 fully saturated rings. The SMILES string of the molecule is CN1CCN(CCCOc2ccc(Oc3cc(C(N)=O)cc4cnn(C)c34)c(F)c2)CC1. The molecular formula is C23H28FN5O3. The van der Waals surface area contributed by atoms with Gasteiger partial charge in [0.05, 0.1) is 12.8 Å². The number of rotatable bonds is 8.